The largest absolute Gasteiger partial charge is 0.332 e. The highest BCUT2D eigenvalue weighted by Crippen LogP contribution is 2.19. The summed E-state index contributed by atoms with van der Waals surface area (Å²) in [5, 5.41) is 0. The Hall–Kier alpha value is -2.96. The maximum absolute atomic E-state index is 13.0. The van der Waals surface area contributed by atoms with Gasteiger partial charge in [-0.2, -0.15) is 0 Å². The average molecular weight is 283 g/mol. The van der Waals surface area contributed by atoms with Gasteiger partial charge in [0.1, 0.15) is 11.6 Å². The SMILES string of the molecule is Cn1c2nc(-c3ccc(F)cc3)[nH]c2c(=O)n2ccnc12. The van der Waals surface area contributed by atoms with Crippen molar-refractivity contribution in [1.82, 2.24) is 23.9 Å². The highest BCUT2D eigenvalue weighted by Gasteiger charge is 2.14. The summed E-state index contributed by atoms with van der Waals surface area (Å²) in [5.41, 5.74) is 1.40. The van der Waals surface area contributed by atoms with Crippen LogP contribution in [0.4, 0.5) is 4.39 Å². The number of rotatable bonds is 1. The van der Waals surface area contributed by atoms with Crippen LogP contribution in [0, 0.1) is 5.82 Å². The standard InChI is InChI=1S/C14H10FN5O/c1-19-12-10(13(21)20-7-6-16-14(19)20)17-11(18-12)8-2-4-9(15)5-3-8/h2-7H,1H3,(H,17,18). The second kappa shape index (κ2) is 4.02. The fourth-order valence-corrected chi connectivity index (χ4v) is 2.42. The number of benzene rings is 1. The Kier molecular flexibility index (Phi) is 2.26. The molecule has 0 unspecified atom stereocenters. The number of halogens is 1. The summed E-state index contributed by atoms with van der Waals surface area (Å²) in [7, 11) is 1.79. The van der Waals surface area contributed by atoms with Crippen molar-refractivity contribution >= 4 is 16.9 Å². The fraction of sp³-hybridized carbons (Fsp3) is 0.0714. The average Bonchev–Trinajstić information content (AvgIpc) is 3.13. The molecule has 0 saturated carbocycles. The first-order valence-electron chi connectivity index (χ1n) is 6.33. The van der Waals surface area contributed by atoms with Crippen LogP contribution in [-0.4, -0.2) is 23.9 Å². The molecule has 0 amide bonds. The topological polar surface area (TPSA) is 68.0 Å². The van der Waals surface area contributed by atoms with Gasteiger partial charge in [-0.3, -0.25) is 9.36 Å². The van der Waals surface area contributed by atoms with Crippen molar-refractivity contribution in [2.24, 2.45) is 7.05 Å². The summed E-state index contributed by atoms with van der Waals surface area (Å²) in [4.78, 5) is 24.0. The molecule has 4 rings (SSSR count). The van der Waals surface area contributed by atoms with Crippen molar-refractivity contribution in [2.75, 3.05) is 0 Å². The molecule has 4 aromatic rings. The molecule has 0 saturated heterocycles. The summed E-state index contributed by atoms with van der Waals surface area (Å²) in [5.74, 6) is 0.721. The van der Waals surface area contributed by atoms with E-state index in [0.29, 0.717) is 28.3 Å². The van der Waals surface area contributed by atoms with Crippen LogP contribution in [0.3, 0.4) is 0 Å². The second-order valence-electron chi connectivity index (χ2n) is 4.75. The monoisotopic (exact) mass is 283 g/mol. The molecule has 1 aromatic carbocycles. The molecule has 21 heavy (non-hydrogen) atoms. The lowest BCUT2D eigenvalue weighted by Crippen LogP contribution is -2.16. The van der Waals surface area contributed by atoms with Gasteiger partial charge in [0.05, 0.1) is 0 Å². The Morgan fingerprint density at radius 3 is 2.76 bits per heavy atom. The van der Waals surface area contributed by atoms with E-state index >= 15 is 0 Å². The Bertz CT molecular complexity index is 1030. The van der Waals surface area contributed by atoms with Gasteiger partial charge >= 0.3 is 0 Å². The summed E-state index contributed by atoms with van der Waals surface area (Å²) in [6, 6.07) is 5.94. The third-order valence-corrected chi connectivity index (χ3v) is 3.47. The number of aromatic amines is 1. The van der Waals surface area contributed by atoms with Gasteiger partial charge < -0.3 is 4.98 Å². The van der Waals surface area contributed by atoms with Gasteiger partial charge in [0.2, 0.25) is 5.78 Å². The molecule has 1 N–H and O–H groups in total. The molecule has 6 nitrogen and oxygen atoms in total. The van der Waals surface area contributed by atoms with Crippen LogP contribution < -0.4 is 5.56 Å². The van der Waals surface area contributed by atoms with Crippen LogP contribution in [0.1, 0.15) is 0 Å². The minimum Gasteiger partial charge on any atom is -0.332 e. The highest BCUT2D eigenvalue weighted by atomic mass is 19.1. The van der Waals surface area contributed by atoms with Gasteiger partial charge in [0, 0.05) is 25.0 Å². The maximum atomic E-state index is 13.0. The molecule has 0 radical (unpaired) electrons. The Balaban J connectivity index is 2.06. The number of nitrogens with one attached hydrogen (secondary N) is 1. The molecule has 0 atom stereocenters. The zero-order valence-electron chi connectivity index (χ0n) is 11.0. The Morgan fingerprint density at radius 2 is 2.00 bits per heavy atom. The first-order chi connectivity index (χ1) is 10.1. The van der Waals surface area contributed by atoms with Gasteiger partial charge in [0.15, 0.2) is 11.2 Å². The smallest absolute Gasteiger partial charge is 0.285 e. The van der Waals surface area contributed by atoms with Gasteiger partial charge in [0.25, 0.3) is 5.56 Å². The Labute approximate surface area is 117 Å². The predicted octanol–water partition coefficient (Wildman–Crippen LogP) is 1.72. The molecule has 0 aliphatic carbocycles. The Morgan fingerprint density at radius 1 is 1.24 bits per heavy atom. The number of H-pyrrole nitrogens is 1. The number of hydrogen-bond donors (Lipinski definition) is 1. The molecule has 0 bridgehead atoms. The minimum absolute atomic E-state index is 0.212. The third-order valence-electron chi connectivity index (χ3n) is 3.47. The number of aryl methyl sites for hydroxylation is 1. The number of aromatic nitrogens is 5. The van der Waals surface area contributed by atoms with Crippen molar-refractivity contribution in [3.8, 4) is 11.4 Å². The van der Waals surface area contributed by atoms with Gasteiger partial charge in [-0.05, 0) is 24.3 Å². The van der Waals surface area contributed by atoms with Crippen molar-refractivity contribution in [2.45, 2.75) is 0 Å². The second-order valence-corrected chi connectivity index (χ2v) is 4.75. The lowest BCUT2D eigenvalue weighted by Gasteiger charge is -2.01. The van der Waals surface area contributed by atoms with Crippen molar-refractivity contribution in [3.63, 3.8) is 0 Å². The van der Waals surface area contributed by atoms with E-state index in [2.05, 4.69) is 15.0 Å². The molecule has 0 aliphatic heterocycles. The van der Waals surface area contributed by atoms with Crippen LogP contribution in [0.25, 0.3) is 28.3 Å². The normalized spacial score (nSPS) is 11.5. The summed E-state index contributed by atoms with van der Waals surface area (Å²) in [6.07, 6.45) is 3.17. The van der Waals surface area contributed by atoms with Gasteiger partial charge in [-0.15, -0.1) is 0 Å². The predicted molar refractivity (Wildman–Crippen MR) is 75.5 cm³/mol. The number of nitrogens with zero attached hydrogens (tertiary/aromatic N) is 4. The van der Waals surface area contributed by atoms with Gasteiger partial charge in [-0.25, -0.2) is 18.8 Å². The van der Waals surface area contributed by atoms with E-state index < -0.39 is 0 Å². The molecule has 0 spiro atoms. The van der Waals surface area contributed by atoms with E-state index in [9.17, 15) is 9.18 Å². The lowest BCUT2D eigenvalue weighted by molar-refractivity contribution is 0.628. The summed E-state index contributed by atoms with van der Waals surface area (Å²) in [6.45, 7) is 0. The van der Waals surface area contributed by atoms with Crippen LogP contribution in [0.2, 0.25) is 0 Å². The molecule has 3 heterocycles. The van der Waals surface area contributed by atoms with E-state index in [1.807, 2.05) is 0 Å². The number of fused-ring (bicyclic) bond motifs is 2. The van der Waals surface area contributed by atoms with Crippen LogP contribution in [0.15, 0.2) is 41.5 Å². The molecular formula is C14H10FN5O. The summed E-state index contributed by atoms with van der Waals surface area (Å²) >= 11 is 0. The minimum atomic E-state index is -0.316. The van der Waals surface area contributed by atoms with Gasteiger partial charge in [-0.1, -0.05) is 0 Å². The zero-order valence-corrected chi connectivity index (χ0v) is 11.0. The number of imidazole rings is 2. The van der Waals surface area contributed by atoms with E-state index in [1.165, 1.54) is 16.5 Å². The molecule has 7 heteroatoms. The van der Waals surface area contributed by atoms with Crippen LogP contribution in [0.5, 0.6) is 0 Å². The van der Waals surface area contributed by atoms with E-state index in [1.54, 1.807) is 36.1 Å². The van der Waals surface area contributed by atoms with E-state index in [-0.39, 0.29) is 11.4 Å². The third kappa shape index (κ3) is 1.60. The molecule has 0 aliphatic rings. The molecule has 0 fully saturated rings. The summed E-state index contributed by atoms with van der Waals surface area (Å²) < 4.78 is 16.2. The number of hydrogen-bond acceptors (Lipinski definition) is 3. The van der Waals surface area contributed by atoms with Crippen molar-refractivity contribution in [3.05, 3.63) is 52.8 Å². The maximum Gasteiger partial charge on any atom is 0.285 e. The first kappa shape index (κ1) is 11.8. The molecule has 104 valence electrons. The molecular weight excluding hydrogens is 273 g/mol. The fourth-order valence-electron chi connectivity index (χ4n) is 2.42. The quantitative estimate of drug-likeness (QED) is 0.578. The highest BCUT2D eigenvalue weighted by molar-refractivity contribution is 5.77. The zero-order chi connectivity index (χ0) is 14.6. The van der Waals surface area contributed by atoms with Crippen molar-refractivity contribution < 1.29 is 4.39 Å². The lowest BCUT2D eigenvalue weighted by atomic mass is 10.2. The van der Waals surface area contributed by atoms with Crippen LogP contribution in [-0.2, 0) is 7.05 Å². The van der Waals surface area contributed by atoms with Crippen LogP contribution >= 0.6 is 0 Å². The van der Waals surface area contributed by atoms with Crippen molar-refractivity contribution in [1.29, 1.82) is 0 Å². The molecule has 3 aromatic heterocycles. The van der Waals surface area contributed by atoms with E-state index in [0.717, 1.165) is 0 Å². The van der Waals surface area contributed by atoms with E-state index in [4.69, 9.17) is 0 Å². The first-order valence-corrected chi connectivity index (χ1v) is 6.33.